The van der Waals surface area contributed by atoms with Crippen LogP contribution >= 0.6 is 15.9 Å². The minimum atomic E-state index is -3.65. The number of rotatable bonds is 3. The molecule has 3 nitrogen and oxygen atoms in total. The van der Waals surface area contributed by atoms with E-state index in [-0.39, 0.29) is 4.90 Å². The first-order valence-corrected chi connectivity index (χ1v) is 10.7. The second kappa shape index (κ2) is 5.79. The van der Waals surface area contributed by atoms with Crippen molar-refractivity contribution < 1.29 is 8.42 Å². The molecule has 0 bridgehead atoms. The number of primary sulfonamides is 1. The molecule has 0 aliphatic heterocycles. The smallest absolute Gasteiger partial charge is 0.225 e. The largest absolute Gasteiger partial charge is 0.238 e. The van der Waals surface area contributed by atoms with E-state index < -0.39 is 10.0 Å². The summed E-state index contributed by atoms with van der Waals surface area (Å²) in [6.45, 7) is 2.11. The lowest BCUT2D eigenvalue weighted by atomic mass is 9.96. The van der Waals surface area contributed by atoms with Gasteiger partial charge in [-0.05, 0) is 84.1 Å². The summed E-state index contributed by atoms with van der Waals surface area (Å²) in [6.07, 6.45) is 4.75. The first kappa shape index (κ1) is 17.0. The second-order valence-electron chi connectivity index (χ2n) is 7.34. The molecular weight excluding hydrogens is 398 g/mol. The van der Waals surface area contributed by atoms with Crippen LogP contribution in [0, 0.1) is 12.3 Å². The lowest BCUT2D eigenvalue weighted by Gasteiger charge is -2.10. The number of nitrogens with two attached hydrogens (primary N) is 1. The van der Waals surface area contributed by atoms with Gasteiger partial charge in [-0.3, -0.25) is 0 Å². The predicted molar refractivity (Wildman–Crippen MR) is 104 cm³/mol. The van der Waals surface area contributed by atoms with Gasteiger partial charge in [-0.15, -0.1) is 0 Å². The maximum Gasteiger partial charge on any atom is 0.238 e. The molecule has 130 valence electrons. The van der Waals surface area contributed by atoms with E-state index in [1.165, 1.54) is 35.1 Å². The second-order valence-corrected chi connectivity index (χ2v) is 9.76. The number of allylic oxidation sites excluding steroid dienone is 2. The number of benzene rings is 2. The Morgan fingerprint density at radius 3 is 2.04 bits per heavy atom. The van der Waals surface area contributed by atoms with Gasteiger partial charge >= 0.3 is 0 Å². The molecule has 0 amide bonds. The molecule has 2 aromatic rings. The van der Waals surface area contributed by atoms with E-state index in [4.69, 9.17) is 5.14 Å². The van der Waals surface area contributed by atoms with Crippen LogP contribution in [0.5, 0.6) is 0 Å². The normalized spacial score (nSPS) is 18.8. The number of halogens is 1. The van der Waals surface area contributed by atoms with Crippen molar-refractivity contribution in [3.8, 4) is 0 Å². The number of sulfonamides is 1. The van der Waals surface area contributed by atoms with E-state index in [9.17, 15) is 8.42 Å². The Kier molecular flexibility index (Phi) is 3.94. The van der Waals surface area contributed by atoms with Gasteiger partial charge < -0.3 is 0 Å². The van der Waals surface area contributed by atoms with Gasteiger partial charge in [-0.1, -0.05) is 40.2 Å². The van der Waals surface area contributed by atoms with Crippen LogP contribution in [0.25, 0.3) is 11.1 Å². The van der Waals surface area contributed by atoms with Gasteiger partial charge in [0.25, 0.3) is 0 Å². The lowest BCUT2D eigenvalue weighted by Crippen LogP contribution is -2.11. The molecule has 1 saturated carbocycles. The van der Waals surface area contributed by atoms with Gasteiger partial charge in [0.15, 0.2) is 0 Å². The zero-order valence-electron chi connectivity index (χ0n) is 14.0. The van der Waals surface area contributed by atoms with Crippen LogP contribution in [0.3, 0.4) is 0 Å². The average molecular weight is 418 g/mol. The van der Waals surface area contributed by atoms with Crippen molar-refractivity contribution in [2.75, 3.05) is 0 Å². The highest BCUT2D eigenvalue weighted by Crippen LogP contribution is 2.63. The van der Waals surface area contributed by atoms with Gasteiger partial charge in [-0.25, -0.2) is 13.6 Å². The molecular formula is C20H20BrNO2S. The highest BCUT2D eigenvalue weighted by atomic mass is 79.9. The summed E-state index contributed by atoms with van der Waals surface area (Å²) < 4.78 is 24.1. The van der Waals surface area contributed by atoms with E-state index in [0.717, 1.165) is 22.9 Å². The van der Waals surface area contributed by atoms with Crippen molar-refractivity contribution >= 4 is 37.1 Å². The molecule has 5 heteroatoms. The summed E-state index contributed by atoms with van der Waals surface area (Å²) in [6, 6.07) is 13.5. The number of hydrogen-bond acceptors (Lipinski definition) is 2. The third-order valence-corrected chi connectivity index (χ3v) is 7.28. The van der Waals surface area contributed by atoms with E-state index in [2.05, 4.69) is 41.1 Å². The maximum absolute atomic E-state index is 11.5. The summed E-state index contributed by atoms with van der Waals surface area (Å²) >= 11 is 3.57. The van der Waals surface area contributed by atoms with Gasteiger partial charge in [0.05, 0.1) is 4.90 Å². The standard InChI is InChI=1S/C20H20BrNO2S/c1-13-10-15(4-7-19(13)21)18-12-20(8-9-20)11-17(18)14-2-5-16(6-3-14)25(22,23)24/h2-7,10H,8-9,11-12H2,1H3,(H2,22,23,24). The van der Waals surface area contributed by atoms with Crippen LogP contribution in [0.15, 0.2) is 51.8 Å². The van der Waals surface area contributed by atoms with Crippen molar-refractivity contribution in [1.82, 2.24) is 0 Å². The van der Waals surface area contributed by atoms with E-state index in [1.54, 1.807) is 12.1 Å². The lowest BCUT2D eigenvalue weighted by molar-refractivity contribution is 0.568. The van der Waals surface area contributed by atoms with Gasteiger partial charge in [0.1, 0.15) is 0 Å². The Morgan fingerprint density at radius 1 is 0.960 bits per heavy atom. The minimum Gasteiger partial charge on any atom is -0.225 e. The zero-order valence-corrected chi connectivity index (χ0v) is 16.5. The molecule has 0 unspecified atom stereocenters. The molecule has 0 saturated heterocycles. The molecule has 2 aliphatic carbocycles. The summed E-state index contributed by atoms with van der Waals surface area (Å²) in [5, 5.41) is 5.22. The highest BCUT2D eigenvalue weighted by Gasteiger charge is 2.48. The Hall–Kier alpha value is -1.43. The van der Waals surface area contributed by atoms with Crippen LogP contribution < -0.4 is 5.14 Å². The van der Waals surface area contributed by atoms with Crippen molar-refractivity contribution in [3.63, 3.8) is 0 Å². The zero-order chi connectivity index (χ0) is 17.8. The molecule has 1 fully saturated rings. The molecule has 2 N–H and O–H groups in total. The fourth-order valence-electron chi connectivity index (χ4n) is 3.79. The third kappa shape index (κ3) is 3.21. The molecule has 1 spiro atoms. The summed E-state index contributed by atoms with van der Waals surface area (Å²) in [4.78, 5) is 0.164. The molecule has 25 heavy (non-hydrogen) atoms. The van der Waals surface area contributed by atoms with Crippen LogP contribution in [0.2, 0.25) is 0 Å². The fourth-order valence-corrected chi connectivity index (χ4v) is 4.55. The van der Waals surface area contributed by atoms with Crippen LogP contribution in [0.1, 0.15) is 42.4 Å². The predicted octanol–water partition coefficient (Wildman–Crippen LogP) is 4.89. The molecule has 0 aromatic heterocycles. The van der Waals surface area contributed by atoms with E-state index >= 15 is 0 Å². The first-order valence-electron chi connectivity index (χ1n) is 8.39. The van der Waals surface area contributed by atoms with Crippen LogP contribution in [-0.4, -0.2) is 8.42 Å². The minimum absolute atomic E-state index is 0.164. The quantitative estimate of drug-likeness (QED) is 0.772. The monoisotopic (exact) mass is 417 g/mol. The van der Waals surface area contributed by atoms with Gasteiger partial charge in [0.2, 0.25) is 10.0 Å². The summed E-state index contributed by atoms with van der Waals surface area (Å²) in [5.41, 5.74) is 6.79. The Bertz CT molecular complexity index is 987. The van der Waals surface area contributed by atoms with Crippen LogP contribution in [-0.2, 0) is 10.0 Å². The van der Waals surface area contributed by atoms with Crippen molar-refractivity contribution in [2.45, 2.75) is 37.5 Å². The first-order chi connectivity index (χ1) is 11.8. The SMILES string of the molecule is Cc1cc(C2=C(c3ccc(S(N)(=O)=O)cc3)CC3(CC3)C2)ccc1Br. The number of aryl methyl sites for hydroxylation is 1. The summed E-state index contributed by atoms with van der Waals surface area (Å²) in [7, 11) is -3.65. The molecule has 2 aromatic carbocycles. The van der Waals surface area contributed by atoms with E-state index in [0.29, 0.717) is 5.41 Å². The van der Waals surface area contributed by atoms with Gasteiger partial charge in [-0.2, -0.15) is 0 Å². The average Bonchev–Trinajstić information content (AvgIpc) is 3.20. The third-order valence-electron chi connectivity index (χ3n) is 5.46. The Balaban J connectivity index is 1.79. The topological polar surface area (TPSA) is 60.2 Å². The molecule has 0 atom stereocenters. The van der Waals surface area contributed by atoms with Gasteiger partial charge in [0, 0.05) is 4.47 Å². The molecule has 2 aliphatic rings. The highest BCUT2D eigenvalue weighted by molar-refractivity contribution is 9.10. The van der Waals surface area contributed by atoms with Crippen molar-refractivity contribution in [3.05, 3.63) is 63.6 Å². The molecule has 4 rings (SSSR count). The van der Waals surface area contributed by atoms with Crippen molar-refractivity contribution in [2.24, 2.45) is 10.6 Å². The number of hydrogen-bond donors (Lipinski definition) is 1. The van der Waals surface area contributed by atoms with Crippen molar-refractivity contribution in [1.29, 1.82) is 0 Å². The van der Waals surface area contributed by atoms with Crippen LogP contribution in [0.4, 0.5) is 0 Å². The molecule has 0 heterocycles. The Labute approximate surface area is 157 Å². The maximum atomic E-state index is 11.5. The summed E-state index contributed by atoms with van der Waals surface area (Å²) in [5.74, 6) is 0. The molecule has 0 radical (unpaired) electrons. The van der Waals surface area contributed by atoms with E-state index in [1.807, 2.05) is 12.1 Å². The Morgan fingerprint density at radius 2 is 1.52 bits per heavy atom. The fraction of sp³-hybridized carbons (Fsp3) is 0.300.